The van der Waals surface area contributed by atoms with Gasteiger partial charge in [0.15, 0.2) is 0 Å². The quantitative estimate of drug-likeness (QED) is 0.818. The Morgan fingerprint density at radius 1 is 1.12 bits per heavy atom. The first-order chi connectivity index (χ1) is 12.0. The van der Waals surface area contributed by atoms with Crippen molar-refractivity contribution >= 4 is 17.5 Å². The fraction of sp³-hybridized carbons (Fsp3) is 0.556. The molecule has 1 aliphatic heterocycles. The standard InChI is InChI=1S/C18H23F2N3O2/c19-13-5-6-16(15(20)9-13)22-18(25)17(24)21-14-7-8-23(11-14)10-12-3-1-2-4-12/h5-6,9,12,14H,1-4,7-8,10-11H2,(H,21,24)(H,22,25)/t14-/m1/s1. The van der Waals surface area contributed by atoms with Crippen molar-refractivity contribution < 1.29 is 18.4 Å². The van der Waals surface area contributed by atoms with E-state index in [1.165, 1.54) is 25.7 Å². The number of halogens is 2. The number of carbonyl (C=O) groups is 2. The molecule has 136 valence electrons. The Balaban J connectivity index is 1.46. The van der Waals surface area contributed by atoms with E-state index in [2.05, 4.69) is 15.5 Å². The number of carbonyl (C=O) groups excluding carboxylic acids is 2. The molecule has 0 unspecified atom stereocenters. The summed E-state index contributed by atoms with van der Waals surface area (Å²) >= 11 is 0. The lowest BCUT2D eigenvalue weighted by Crippen LogP contribution is -2.43. The van der Waals surface area contributed by atoms with Crippen molar-refractivity contribution in [2.45, 2.75) is 38.1 Å². The number of hydrogen-bond donors (Lipinski definition) is 2. The molecule has 0 aromatic heterocycles. The topological polar surface area (TPSA) is 61.4 Å². The van der Waals surface area contributed by atoms with Crippen molar-refractivity contribution in [3.63, 3.8) is 0 Å². The number of benzene rings is 1. The van der Waals surface area contributed by atoms with Crippen LogP contribution in [0, 0.1) is 17.6 Å². The van der Waals surface area contributed by atoms with E-state index in [4.69, 9.17) is 0 Å². The Bertz CT molecular complexity index is 647. The highest BCUT2D eigenvalue weighted by atomic mass is 19.1. The monoisotopic (exact) mass is 351 g/mol. The fourth-order valence-electron chi connectivity index (χ4n) is 3.70. The molecule has 1 aromatic rings. The smallest absolute Gasteiger partial charge is 0.313 e. The van der Waals surface area contributed by atoms with Gasteiger partial charge in [-0.25, -0.2) is 8.78 Å². The summed E-state index contributed by atoms with van der Waals surface area (Å²) in [5, 5.41) is 4.87. The molecule has 0 radical (unpaired) electrons. The van der Waals surface area contributed by atoms with Gasteiger partial charge >= 0.3 is 11.8 Å². The van der Waals surface area contributed by atoms with Crippen LogP contribution in [0.3, 0.4) is 0 Å². The average Bonchev–Trinajstić information content (AvgIpc) is 3.22. The highest BCUT2D eigenvalue weighted by molar-refractivity contribution is 6.39. The third-order valence-corrected chi connectivity index (χ3v) is 4.98. The van der Waals surface area contributed by atoms with Gasteiger partial charge in [-0.1, -0.05) is 12.8 Å². The first-order valence-electron chi connectivity index (χ1n) is 8.80. The van der Waals surface area contributed by atoms with E-state index in [1.54, 1.807) is 0 Å². The zero-order chi connectivity index (χ0) is 17.8. The SMILES string of the molecule is O=C(Nc1ccc(F)cc1F)C(=O)N[C@@H]1CCN(CC2CCCC2)C1. The second-order valence-electron chi connectivity index (χ2n) is 6.95. The minimum absolute atomic E-state index is 0.0716. The normalized spacial score (nSPS) is 21.4. The maximum Gasteiger partial charge on any atom is 0.313 e. The van der Waals surface area contributed by atoms with Crippen molar-refractivity contribution in [2.75, 3.05) is 25.0 Å². The molecular weight excluding hydrogens is 328 g/mol. The molecule has 0 spiro atoms. The van der Waals surface area contributed by atoms with E-state index >= 15 is 0 Å². The second-order valence-corrected chi connectivity index (χ2v) is 6.95. The molecule has 1 saturated carbocycles. The molecule has 5 nitrogen and oxygen atoms in total. The van der Waals surface area contributed by atoms with Crippen LogP contribution in [-0.4, -0.2) is 42.4 Å². The molecule has 1 saturated heterocycles. The van der Waals surface area contributed by atoms with Crippen LogP contribution in [0.15, 0.2) is 18.2 Å². The summed E-state index contributed by atoms with van der Waals surface area (Å²) in [6, 6.07) is 2.70. The van der Waals surface area contributed by atoms with E-state index in [1.807, 2.05) is 0 Å². The van der Waals surface area contributed by atoms with Crippen molar-refractivity contribution in [3.05, 3.63) is 29.8 Å². The molecular formula is C18H23F2N3O2. The number of hydrogen-bond acceptors (Lipinski definition) is 3. The average molecular weight is 351 g/mol. The van der Waals surface area contributed by atoms with Crippen LogP contribution >= 0.6 is 0 Å². The van der Waals surface area contributed by atoms with Gasteiger partial charge in [0.2, 0.25) is 0 Å². The lowest BCUT2D eigenvalue weighted by Gasteiger charge is -2.20. The molecule has 25 heavy (non-hydrogen) atoms. The molecule has 1 aliphatic carbocycles. The second kappa shape index (κ2) is 7.91. The largest absolute Gasteiger partial charge is 0.344 e. The van der Waals surface area contributed by atoms with E-state index in [-0.39, 0.29) is 11.7 Å². The molecule has 2 fully saturated rings. The third kappa shape index (κ3) is 4.75. The maximum atomic E-state index is 13.5. The summed E-state index contributed by atoms with van der Waals surface area (Å²) in [6.07, 6.45) is 5.96. The summed E-state index contributed by atoms with van der Waals surface area (Å²) in [5.74, 6) is -2.64. The van der Waals surface area contributed by atoms with Gasteiger partial charge in [-0.05, 0) is 37.3 Å². The molecule has 1 aromatic carbocycles. The fourth-order valence-corrected chi connectivity index (χ4v) is 3.70. The zero-order valence-electron chi connectivity index (χ0n) is 14.1. The predicted octanol–water partition coefficient (Wildman–Crippen LogP) is 2.28. The van der Waals surface area contributed by atoms with Crippen LogP contribution in [0.25, 0.3) is 0 Å². The Morgan fingerprint density at radius 3 is 2.60 bits per heavy atom. The van der Waals surface area contributed by atoms with Gasteiger partial charge in [0.1, 0.15) is 11.6 Å². The molecule has 7 heteroatoms. The maximum absolute atomic E-state index is 13.5. The Morgan fingerprint density at radius 2 is 1.88 bits per heavy atom. The van der Waals surface area contributed by atoms with Crippen LogP contribution in [0.4, 0.5) is 14.5 Å². The Kier molecular flexibility index (Phi) is 5.63. The Labute approximate surface area is 145 Å². The summed E-state index contributed by atoms with van der Waals surface area (Å²) < 4.78 is 26.4. The summed E-state index contributed by atoms with van der Waals surface area (Å²) in [5.41, 5.74) is -0.212. The summed E-state index contributed by atoms with van der Waals surface area (Å²) in [4.78, 5) is 26.2. The summed E-state index contributed by atoms with van der Waals surface area (Å²) in [6.45, 7) is 2.70. The van der Waals surface area contributed by atoms with Gasteiger partial charge in [-0.15, -0.1) is 0 Å². The van der Waals surface area contributed by atoms with Crippen LogP contribution < -0.4 is 10.6 Å². The van der Waals surface area contributed by atoms with E-state index in [0.29, 0.717) is 6.07 Å². The van der Waals surface area contributed by atoms with Crippen LogP contribution in [0.1, 0.15) is 32.1 Å². The number of nitrogens with zero attached hydrogens (tertiary/aromatic N) is 1. The van der Waals surface area contributed by atoms with Gasteiger partial charge in [0.25, 0.3) is 0 Å². The molecule has 1 atom stereocenters. The molecule has 2 N–H and O–H groups in total. The van der Waals surface area contributed by atoms with Crippen molar-refractivity contribution in [2.24, 2.45) is 5.92 Å². The van der Waals surface area contributed by atoms with Gasteiger partial charge in [0.05, 0.1) is 5.69 Å². The molecule has 0 bridgehead atoms. The number of nitrogens with one attached hydrogen (secondary N) is 2. The molecule has 2 amide bonds. The molecule has 2 aliphatic rings. The van der Waals surface area contributed by atoms with Crippen molar-refractivity contribution in [1.29, 1.82) is 0 Å². The number of rotatable bonds is 4. The number of likely N-dealkylation sites (tertiary alicyclic amines) is 1. The minimum atomic E-state index is -0.945. The highest BCUT2D eigenvalue weighted by Crippen LogP contribution is 2.26. The number of amides is 2. The van der Waals surface area contributed by atoms with Crippen LogP contribution in [-0.2, 0) is 9.59 Å². The van der Waals surface area contributed by atoms with Gasteiger partial charge in [-0.2, -0.15) is 0 Å². The Hall–Kier alpha value is -2.02. The lowest BCUT2D eigenvalue weighted by atomic mass is 10.1. The van der Waals surface area contributed by atoms with Crippen molar-refractivity contribution in [1.82, 2.24) is 10.2 Å². The molecule has 3 rings (SSSR count). The predicted molar refractivity (Wildman–Crippen MR) is 89.9 cm³/mol. The first kappa shape index (κ1) is 17.8. The first-order valence-corrected chi connectivity index (χ1v) is 8.80. The van der Waals surface area contributed by atoms with Gasteiger partial charge in [-0.3, -0.25) is 9.59 Å². The van der Waals surface area contributed by atoms with Crippen molar-refractivity contribution in [3.8, 4) is 0 Å². The lowest BCUT2D eigenvalue weighted by molar-refractivity contribution is -0.136. The summed E-state index contributed by atoms with van der Waals surface area (Å²) in [7, 11) is 0. The van der Waals surface area contributed by atoms with Crippen LogP contribution in [0.5, 0.6) is 0 Å². The minimum Gasteiger partial charge on any atom is -0.344 e. The van der Waals surface area contributed by atoms with Gasteiger partial charge in [0, 0.05) is 31.7 Å². The molecule has 1 heterocycles. The highest BCUT2D eigenvalue weighted by Gasteiger charge is 2.28. The van der Waals surface area contributed by atoms with Crippen LogP contribution in [0.2, 0.25) is 0 Å². The van der Waals surface area contributed by atoms with E-state index in [0.717, 1.165) is 44.1 Å². The van der Waals surface area contributed by atoms with E-state index in [9.17, 15) is 18.4 Å². The van der Waals surface area contributed by atoms with E-state index < -0.39 is 23.4 Å². The van der Waals surface area contributed by atoms with Gasteiger partial charge < -0.3 is 15.5 Å². The number of anilines is 1. The third-order valence-electron chi connectivity index (χ3n) is 4.98. The zero-order valence-corrected chi connectivity index (χ0v) is 14.1.